The molecule has 0 saturated heterocycles. The van der Waals surface area contributed by atoms with E-state index in [4.69, 9.17) is 0 Å². The molecule has 2 amide bonds. The normalized spacial score (nSPS) is 14.9. The zero-order valence-corrected chi connectivity index (χ0v) is 19.7. The quantitative estimate of drug-likeness (QED) is 0.598. The summed E-state index contributed by atoms with van der Waals surface area (Å²) in [6.45, 7) is 6.44. The number of thioether (sulfide) groups is 1. The fourth-order valence-corrected chi connectivity index (χ4v) is 4.95. The van der Waals surface area contributed by atoms with E-state index in [0.29, 0.717) is 12.3 Å². The van der Waals surface area contributed by atoms with Crippen molar-refractivity contribution in [2.75, 3.05) is 5.75 Å². The maximum absolute atomic E-state index is 13.2. The summed E-state index contributed by atoms with van der Waals surface area (Å²) in [6, 6.07) is 16.2. The average molecular weight is 439 g/mol. The molecule has 1 aliphatic rings. The van der Waals surface area contributed by atoms with E-state index in [1.165, 1.54) is 29.5 Å². The van der Waals surface area contributed by atoms with Crippen molar-refractivity contribution in [1.29, 1.82) is 0 Å². The van der Waals surface area contributed by atoms with Gasteiger partial charge in [-0.25, -0.2) is 0 Å². The standard InChI is InChI=1S/C26H34N2O2S/c1-19-12-14-22(15-13-19)16-28(21(3)26(30)27-24-10-6-7-11-24)25(29)18-31-17-23-9-5-4-8-20(23)2/h4-5,8-9,12-15,21,24H,6-7,10-11,16-18H2,1-3H3,(H,27,30)/t21-/m1/s1. The number of benzene rings is 2. The molecule has 0 radical (unpaired) electrons. The number of aryl methyl sites for hydroxylation is 2. The number of carbonyl (C=O) groups excluding carboxylic acids is 2. The van der Waals surface area contributed by atoms with Crippen LogP contribution in [0.4, 0.5) is 0 Å². The van der Waals surface area contributed by atoms with Crippen LogP contribution in [0.2, 0.25) is 0 Å². The molecule has 0 bridgehead atoms. The molecule has 5 heteroatoms. The third-order valence-corrected chi connectivity index (χ3v) is 7.05. The Labute approximate surface area is 190 Å². The van der Waals surface area contributed by atoms with Crippen LogP contribution < -0.4 is 5.32 Å². The monoisotopic (exact) mass is 438 g/mol. The summed E-state index contributed by atoms with van der Waals surface area (Å²) in [6.07, 6.45) is 4.41. The lowest BCUT2D eigenvalue weighted by atomic mass is 10.1. The molecule has 0 unspecified atom stereocenters. The van der Waals surface area contributed by atoms with Gasteiger partial charge in [-0.15, -0.1) is 11.8 Å². The number of rotatable bonds is 9. The number of nitrogens with zero attached hydrogens (tertiary/aromatic N) is 1. The smallest absolute Gasteiger partial charge is 0.242 e. The highest BCUT2D eigenvalue weighted by molar-refractivity contribution is 7.99. The molecule has 1 fully saturated rings. The van der Waals surface area contributed by atoms with Crippen LogP contribution in [0.3, 0.4) is 0 Å². The van der Waals surface area contributed by atoms with Crippen molar-refractivity contribution in [2.24, 2.45) is 0 Å². The molecule has 4 nitrogen and oxygen atoms in total. The summed E-state index contributed by atoms with van der Waals surface area (Å²) in [5.41, 5.74) is 4.71. The number of hydrogen-bond acceptors (Lipinski definition) is 3. The molecule has 1 atom stereocenters. The summed E-state index contributed by atoms with van der Waals surface area (Å²) < 4.78 is 0. The van der Waals surface area contributed by atoms with E-state index in [2.05, 4.69) is 24.4 Å². The maximum Gasteiger partial charge on any atom is 0.242 e. The Morgan fingerprint density at radius 1 is 1.06 bits per heavy atom. The van der Waals surface area contributed by atoms with Crippen LogP contribution in [-0.2, 0) is 21.9 Å². The lowest BCUT2D eigenvalue weighted by molar-refractivity contribution is -0.138. The molecule has 31 heavy (non-hydrogen) atoms. The van der Waals surface area contributed by atoms with Gasteiger partial charge in [-0.2, -0.15) is 0 Å². The van der Waals surface area contributed by atoms with Gasteiger partial charge in [0.1, 0.15) is 6.04 Å². The highest BCUT2D eigenvalue weighted by Crippen LogP contribution is 2.20. The minimum atomic E-state index is -0.492. The zero-order valence-electron chi connectivity index (χ0n) is 18.9. The highest BCUT2D eigenvalue weighted by Gasteiger charge is 2.28. The van der Waals surface area contributed by atoms with E-state index in [0.717, 1.165) is 24.2 Å². The Bertz CT molecular complexity index is 875. The van der Waals surface area contributed by atoms with Crippen molar-refractivity contribution in [3.63, 3.8) is 0 Å². The van der Waals surface area contributed by atoms with E-state index >= 15 is 0 Å². The first-order valence-electron chi connectivity index (χ1n) is 11.2. The fourth-order valence-electron chi connectivity index (χ4n) is 3.97. The molecule has 2 aromatic carbocycles. The molecule has 0 aliphatic heterocycles. The van der Waals surface area contributed by atoms with E-state index < -0.39 is 6.04 Å². The lowest BCUT2D eigenvalue weighted by Gasteiger charge is -2.29. The third kappa shape index (κ3) is 6.86. The number of amides is 2. The number of hydrogen-bond donors (Lipinski definition) is 1. The van der Waals surface area contributed by atoms with Crippen LogP contribution in [0, 0.1) is 13.8 Å². The van der Waals surface area contributed by atoms with Gasteiger partial charge in [0.2, 0.25) is 11.8 Å². The summed E-state index contributed by atoms with van der Waals surface area (Å²) >= 11 is 1.61. The topological polar surface area (TPSA) is 49.4 Å². The van der Waals surface area contributed by atoms with Crippen LogP contribution in [-0.4, -0.2) is 34.6 Å². The van der Waals surface area contributed by atoms with Crippen molar-refractivity contribution < 1.29 is 9.59 Å². The maximum atomic E-state index is 13.2. The van der Waals surface area contributed by atoms with Crippen molar-refractivity contribution in [1.82, 2.24) is 10.2 Å². The predicted molar refractivity (Wildman–Crippen MR) is 129 cm³/mol. The average Bonchev–Trinajstić information content (AvgIpc) is 3.27. The van der Waals surface area contributed by atoms with Crippen LogP contribution in [0.15, 0.2) is 48.5 Å². The fraction of sp³-hybridized carbons (Fsp3) is 0.462. The summed E-state index contributed by atoms with van der Waals surface area (Å²) in [7, 11) is 0. The first kappa shape index (κ1) is 23.4. The SMILES string of the molecule is Cc1ccc(CN(C(=O)CSCc2ccccc2C)[C@H](C)C(=O)NC2CCCC2)cc1. The molecule has 1 N–H and O–H groups in total. The number of carbonyl (C=O) groups is 2. The third-order valence-electron chi connectivity index (χ3n) is 6.09. The molecule has 1 aliphatic carbocycles. The first-order valence-corrected chi connectivity index (χ1v) is 12.4. The van der Waals surface area contributed by atoms with Crippen LogP contribution in [0.25, 0.3) is 0 Å². The second-order valence-corrected chi connectivity index (χ2v) is 9.58. The van der Waals surface area contributed by atoms with Crippen molar-refractivity contribution >= 4 is 23.6 Å². The molecular formula is C26H34N2O2S. The Morgan fingerprint density at radius 2 is 1.74 bits per heavy atom. The van der Waals surface area contributed by atoms with Crippen LogP contribution in [0.1, 0.15) is 54.9 Å². The van der Waals surface area contributed by atoms with E-state index in [1.807, 2.05) is 50.2 Å². The number of nitrogens with one attached hydrogen (secondary N) is 1. The first-order chi connectivity index (χ1) is 14.9. The lowest BCUT2D eigenvalue weighted by Crippen LogP contribution is -2.50. The summed E-state index contributed by atoms with van der Waals surface area (Å²) in [5, 5.41) is 3.16. The zero-order chi connectivity index (χ0) is 22.2. The van der Waals surface area contributed by atoms with Gasteiger partial charge in [-0.05, 0) is 50.3 Å². The highest BCUT2D eigenvalue weighted by atomic mass is 32.2. The molecule has 0 spiro atoms. The second-order valence-electron chi connectivity index (χ2n) is 8.59. The van der Waals surface area contributed by atoms with Crippen LogP contribution in [0.5, 0.6) is 0 Å². The Hall–Kier alpha value is -2.27. The molecule has 3 rings (SSSR count). The van der Waals surface area contributed by atoms with E-state index in [-0.39, 0.29) is 17.9 Å². The second kappa shape index (κ2) is 11.4. The minimum absolute atomic E-state index is 0.00762. The molecule has 0 aromatic heterocycles. The molecule has 2 aromatic rings. The van der Waals surface area contributed by atoms with Gasteiger partial charge in [-0.1, -0.05) is 66.9 Å². The van der Waals surface area contributed by atoms with Gasteiger partial charge in [0.15, 0.2) is 0 Å². The van der Waals surface area contributed by atoms with E-state index in [9.17, 15) is 9.59 Å². The molecule has 166 valence electrons. The van der Waals surface area contributed by atoms with Gasteiger partial charge in [-0.3, -0.25) is 9.59 Å². The van der Waals surface area contributed by atoms with Gasteiger partial charge >= 0.3 is 0 Å². The molecule has 0 heterocycles. The molecule has 1 saturated carbocycles. The van der Waals surface area contributed by atoms with Crippen molar-refractivity contribution in [2.45, 2.75) is 70.8 Å². The Balaban J connectivity index is 1.65. The summed E-state index contributed by atoms with van der Waals surface area (Å²) in [4.78, 5) is 27.9. The Kier molecular flexibility index (Phi) is 8.59. The van der Waals surface area contributed by atoms with Gasteiger partial charge in [0, 0.05) is 18.3 Å². The van der Waals surface area contributed by atoms with E-state index in [1.54, 1.807) is 16.7 Å². The van der Waals surface area contributed by atoms with Gasteiger partial charge in [0.25, 0.3) is 0 Å². The van der Waals surface area contributed by atoms with Crippen LogP contribution >= 0.6 is 11.8 Å². The minimum Gasteiger partial charge on any atom is -0.352 e. The summed E-state index contributed by atoms with van der Waals surface area (Å²) in [5.74, 6) is 1.12. The van der Waals surface area contributed by atoms with Crippen molar-refractivity contribution in [3.8, 4) is 0 Å². The van der Waals surface area contributed by atoms with Crippen molar-refractivity contribution in [3.05, 3.63) is 70.8 Å². The predicted octanol–water partition coefficient (Wildman–Crippen LogP) is 5.01. The Morgan fingerprint density at radius 3 is 2.42 bits per heavy atom. The van der Waals surface area contributed by atoms with Gasteiger partial charge in [0.05, 0.1) is 5.75 Å². The van der Waals surface area contributed by atoms with Gasteiger partial charge < -0.3 is 10.2 Å². The molecular weight excluding hydrogens is 404 g/mol. The largest absolute Gasteiger partial charge is 0.352 e.